The topological polar surface area (TPSA) is 71.5 Å². The molecular formula is C17H29N3O3S. The summed E-state index contributed by atoms with van der Waals surface area (Å²) >= 11 is 1.35. The Morgan fingerprint density at radius 1 is 1.42 bits per heavy atom. The van der Waals surface area contributed by atoms with Crippen LogP contribution in [0.15, 0.2) is 11.6 Å². The van der Waals surface area contributed by atoms with Gasteiger partial charge in [0, 0.05) is 31.7 Å². The molecule has 0 radical (unpaired) electrons. The second-order valence-electron chi connectivity index (χ2n) is 7.27. The van der Waals surface area contributed by atoms with E-state index in [4.69, 9.17) is 4.74 Å². The minimum Gasteiger partial charge on any atom is -0.383 e. The van der Waals surface area contributed by atoms with Crippen molar-refractivity contribution in [1.29, 1.82) is 0 Å². The highest BCUT2D eigenvalue weighted by molar-refractivity contribution is 7.13. The van der Waals surface area contributed by atoms with Crippen LogP contribution in [0.25, 0.3) is 0 Å². The van der Waals surface area contributed by atoms with Crippen LogP contribution in [0, 0.1) is 11.3 Å². The molecule has 1 heterocycles. The first-order valence-electron chi connectivity index (χ1n) is 8.17. The number of ether oxygens (including phenoxy) is 1. The Hall–Kier alpha value is -1.47. The summed E-state index contributed by atoms with van der Waals surface area (Å²) in [6, 6.07) is 0. The van der Waals surface area contributed by atoms with Gasteiger partial charge in [0.1, 0.15) is 6.54 Å². The Bertz CT molecular complexity index is 512. The molecule has 0 saturated heterocycles. The van der Waals surface area contributed by atoms with Crippen molar-refractivity contribution in [3.05, 3.63) is 11.6 Å². The lowest BCUT2D eigenvalue weighted by atomic mass is 9.84. The fraction of sp³-hybridized carbons (Fsp3) is 0.706. The van der Waals surface area contributed by atoms with E-state index in [-0.39, 0.29) is 29.7 Å². The number of thiazole rings is 1. The highest BCUT2D eigenvalue weighted by Crippen LogP contribution is 2.26. The zero-order valence-corrected chi connectivity index (χ0v) is 16.1. The lowest BCUT2D eigenvalue weighted by molar-refractivity contribution is -0.136. The number of anilines is 1. The number of hydrogen-bond donors (Lipinski definition) is 1. The summed E-state index contributed by atoms with van der Waals surface area (Å²) in [7, 11) is 1.58. The molecule has 1 rings (SSSR count). The minimum absolute atomic E-state index is 0.0157. The van der Waals surface area contributed by atoms with Crippen molar-refractivity contribution >= 4 is 28.3 Å². The van der Waals surface area contributed by atoms with E-state index in [1.165, 1.54) is 11.3 Å². The molecule has 1 aromatic rings. The highest BCUT2D eigenvalue weighted by atomic mass is 32.1. The molecule has 0 aliphatic heterocycles. The van der Waals surface area contributed by atoms with Gasteiger partial charge in [0.2, 0.25) is 11.8 Å². The average molecular weight is 356 g/mol. The normalized spacial score (nSPS) is 12.7. The fourth-order valence-electron chi connectivity index (χ4n) is 2.66. The SMILES string of the molecule is COCCN(CC(=O)Nc1nccs1)C(=O)CC(C)CC(C)(C)C. The quantitative estimate of drug-likeness (QED) is 0.739. The molecule has 0 saturated carbocycles. The molecular weight excluding hydrogens is 326 g/mol. The molecule has 1 atom stereocenters. The van der Waals surface area contributed by atoms with Gasteiger partial charge < -0.3 is 15.0 Å². The zero-order valence-electron chi connectivity index (χ0n) is 15.3. The van der Waals surface area contributed by atoms with Gasteiger partial charge in [-0.2, -0.15) is 0 Å². The molecule has 0 bridgehead atoms. The van der Waals surface area contributed by atoms with E-state index < -0.39 is 0 Å². The van der Waals surface area contributed by atoms with Crippen LogP contribution in [-0.2, 0) is 14.3 Å². The molecule has 0 fully saturated rings. The summed E-state index contributed by atoms with van der Waals surface area (Å²) in [4.78, 5) is 30.3. The Labute approximate surface area is 148 Å². The molecule has 0 aliphatic rings. The number of hydrogen-bond acceptors (Lipinski definition) is 5. The smallest absolute Gasteiger partial charge is 0.245 e. The standard InChI is InChI=1S/C17H29N3O3S/c1-13(11-17(2,3)4)10-15(22)20(7-8-23-5)12-14(21)19-16-18-6-9-24-16/h6,9,13H,7-8,10-12H2,1-5H3,(H,18,19,21). The van der Waals surface area contributed by atoms with Gasteiger partial charge in [-0.25, -0.2) is 4.98 Å². The van der Waals surface area contributed by atoms with Crippen LogP contribution in [0.4, 0.5) is 5.13 Å². The van der Waals surface area contributed by atoms with Gasteiger partial charge in [-0.3, -0.25) is 9.59 Å². The van der Waals surface area contributed by atoms with E-state index in [0.717, 1.165) is 6.42 Å². The maximum atomic E-state index is 12.6. The largest absolute Gasteiger partial charge is 0.383 e. The van der Waals surface area contributed by atoms with E-state index in [1.54, 1.807) is 23.6 Å². The minimum atomic E-state index is -0.238. The molecule has 0 aliphatic carbocycles. The Kier molecular flexibility index (Phi) is 8.35. The van der Waals surface area contributed by atoms with Gasteiger partial charge in [0.25, 0.3) is 0 Å². The molecule has 136 valence electrons. The molecule has 24 heavy (non-hydrogen) atoms. The van der Waals surface area contributed by atoms with Crippen molar-refractivity contribution in [3.63, 3.8) is 0 Å². The lowest BCUT2D eigenvalue weighted by Gasteiger charge is -2.26. The summed E-state index contributed by atoms with van der Waals surface area (Å²) in [6.07, 6.45) is 3.02. The number of amides is 2. The number of rotatable bonds is 9. The highest BCUT2D eigenvalue weighted by Gasteiger charge is 2.22. The van der Waals surface area contributed by atoms with Crippen molar-refractivity contribution in [2.75, 3.05) is 32.1 Å². The Morgan fingerprint density at radius 2 is 2.12 bits per heavy atom. The van der Waals surface area contributed by atoms with Crippen LogP contribution >= 0.6 is 11.3 Å². The lowest BCUT2D eigenvalue weighted by Crippen LogP contribution is -2.40. The molecule has 1 N–H and O–H groups in total. The Morgan fingerprint density at radius 3 is 2.67 bits per heavy atom. The summed E-state index contributed by atoms with van der Waals surface area (Å²) in [5.41, 5.74) is 0.180. The van der Waals surface area contributed by atoms with Crippen molar-refractivity contribution in [2.45, 2.75) is 40.5 Å². The van der Waals surface area contributed by atoms with Gasteiger partial charge in [-0.1, -0.05) is 27.7 Å². The Balaban J connectivity index is 2.59. The van der Waals surface area contributed by atoms with Crippen molar-refractivity contribution in [1.82, 2.24) is 9.88 Å². The van der Waals surface area contributed by atoms with Crippen LogP contribution in [0.1, 0.15) is 40.5 Å². The van der Waals surface area contributed by atoms with Crippen molar-refractivity contribution in [2.24, 2.45) is 11.3 Å². The predicted octanol–water partition coefficient (Wildman–Crippen LogP) is 3.02. The number of nitrogens with zero attached hydrogens (tertiary/aromatic N) is 2. The summed E-state index contributed by atoms with van der Waals surface area (Å²) in [5.74, 6) is 0.0144. The molecule has 7 heteroatoms. The molecule has 0 spiro atoms. The van der Waals surface area contributed by atoms with Crippen molar-refractivity contribution in [3.8, 4) is 0 Å². The third-order valence-electron chi connectivity index (χ3n) is 3.42. The van der Waals surface area contributed by atoms with E-state index in [2.05, 4.69) is 38.0 Å². The first-order valence-corrected chi connectivity index (χ1v) is 9.05. The van der Waals surface area contributed by atoms with Crippen LogP contribution in [0.3, 0.4) is 0 Å². The third kappa shape index (κ3) is 8.40. The monoisotopic (exact) mass is 355 g/mol. The predicted molar refractivity (Wildman–Crippen MR) is 97.1 cm³/mol. The van der Waals surface area contributed by atoms with Gasteiger partial charge in [-0.05, 0) is 17.8 Å². The summed E-state index contributed by atoms with van der Waals surface area (Å²) in [5, 5.41) is 5.04. The zero-order chi connectivity index (χ0) is 18.2. The van der Waals surface area contributed by atoms with E-state index in [0.29, 0.717) is 24.7 Å². The maximum absolute atomic E-state index is 12.6. The van der Waals surface area contributed by atoms with Crippen LogP contribution in [0.5, 0.6) is 0 Å². The maximum Gasteiger partial charge on any atom is 0.245 e. The summed E-state index contributed by atoms with van der Waals surface area (Å²) < 4.78 is 5.06. The number of carbonyl (C=O) groups is 2. The molecule has 6 nitrogen and oxygen atoms in total. The second-order valence-corrected chi connectivity index (χ2v) is 8.16. The number of methoxy groups -OCH3 is 1. The average Bonchev–Trinajstić information content (AvgIpc) is 2.93. The molecule has 1 aromatic heterocycles. The van der Waals surface area contributed by atoms with E-state index in [9.17, 15) is 9.59 Å². The molecule has 2 amide bonds. The first-order chi connectivity index (χ1) is 11.2. The first kappa shape index (κ1) is 20.6. The van der Waals surface area contributed by atoms with Gasteiger partial charge >= 0.3 is 0 Å². The number of aromatic nitrogens is 1. The van der Waals surface area contributed by atoms with Gasteiger partial charge in [0.05, 0.1) is 6.61 Å². The second kappa shape index (κ2) is 9.74. The number of carbonyl (C=O) groups excluding carboxylic acids is 2. The van der Waals surface area contributed by atoms with Gasteiger partial charge in [0.15, 0.2) is 5.13 Å². The summed E-state index contributed by atoms with van der Waals surface area (Å²) in [6.45, 7) is 9.40. The molecule has 0 aromatic carbocycles. The fourth-order valence-corrected chi connectivity index (χ4v) is 3.20. The van der Waals surface area contributed by atoms with Crippen LogP contribution in [0.2, 0.25) is 0 Å². The van der Waals surface area contributed by atoms with Crippen LogP contribution < -0.4 is 5.32 Å². The number of nitrogens with one attached hydrogen (secondary N) is 1. The van der Waals surface area contributed by atoms with Crippen LogP contribution in [-0.4, -0.2) is 48.5 Å². The van der Waals surface area contributed by atoms with E-state index in [1.807, 2.05) is 0 Å². The van der Waals surface area contributed by atoms with Crippen molar-refractivity contribution < 1.29 is 14.3 Å². The molecule has 1 unspecified atom stereocenters. The van der Waals surface area contributed by atoms with Gasteiger partial charge in [-0.15, -0.1) is 11.3 Å². The third-order valence-corrected chi connectivity index (χ3v) is 4.10. The van der Waals surface area contributed by atoms with E-state index >= 15 is 0 Å².